The zero-order valence-corrected chi connectivity index (χ0v) is 13.8. The number of carbonyl (C=O) groups excluding carboxylic acids is 1. The van der Waals surface area contributed by atoms with Crippen LogP contribution in [0.2, 0.25) is 0 Å². The Kier molecular flexibility index (Phi) is 6.94. The molecular formula is C18H25NO3. The lowest BCUT2D eigenvalue weighted by Gasteiger charge is -2.22. The maximum atomic E-state index is 11.8. The number of nitrogens with one attached hydrogen (secondary N) is 1. The number of carbonyl (C=O) groups is 1. The molecule has 0 saturated carbocycles. The van der Waals surface area contributed by atoms with E-state index in [0.717, 1.165) is 11.1 Å². The Labute approximate surface area is 132 Å². The Hall–Kier alpha value is -1.99. The van der Waals surface area contributed by atoms with Crippen molar-refractivity contribution in [3.63, 3.8) is 0 Å². The smallest absolute Gasteiger partial charge is 0.408 e. The molecule has 120 valence electrons. The summed E-state index contributed by atoms with van der Waals surface area (Å²) in [5, 5.41) is 11.5. The Morgan fingerprint density at radius 2 is 2.14 bits per heavy atom. The van der Waals surface area contributed by atoms with Crippen molar-refractivity contribution in [2.45, 2.75) is 52.2 Å². The zero-order chi connectivity index (χ0) is 16.6. The van der Waals surface area contributed by atoms with Crippen molar-refractivity contribution in [2.75, 3.05) is 6.61 Å². The Morgan fingerprint density at radius 3 is 2.77 bits per heavy atom. The molecule has 0 bridgehead atoms. The van der Waals surface area contributed by atoms with Crippen LogP contribution in [0.4, 0.5) is 4.79 Å². The first-order valence-electron chi connectivity index (χ1n) is 7.50. The molecule has 1 atom stereocenters. The number of alkyl carbamates (subject to hydrolysis) is 1. The molecule has 0 spiro atoms. The lowest BCUT2D eigenvalue weighted by atomic mass is 10.1. The molecule has 0 radical (unpaired) electrons. The summed E-state index contributed by atoms with van der Waals surface area (Å²) in [5.74, 6) is 6.06. The fourth-order valence-electron chi connectivity index (χ4n) is 1.77. The molecule has 1 amide bonds. The number of rotatable bonds is 4. The number of ether oxygens (including phenoxy) is 1. The van der Waals surface area contributed by atoms with Crippen LogP contribution in [0.25, 0.3) is 0 Å². The molecule has 0 aliphatic rings. The minimum absolute atomic E-state index is 0.155. The molecule has 0 aromatic heterocycles. The summed E-state index contributed by atoms with van der Waals surface area (Å²) in [4.78, 5) is 11.8. The topological polar surface area (TPSA) is 58.6 Å². The monoisotopic (exact) mass is 303 g/mol. The molecule has 1 aromatic rings. The fraction of sp³-hybridized carbons (Fsp3) is 0.500. The normalized spacial score (nSPS) is 12.0. The highest BCUT2D eigenvalue weighted by molar-refractivity contribution is 5.68. The number of unbranched alkanes of at least 4 members (excludes halogenated alkanes) is 1. The first-order valence-corrected chi connectivity index (χ1v) is 7.50. The van der Waals surface area contributed by atoms with E-state index in [4.69, 9.17) is 9.84 Å². The van der Waals surface area contributed by atoms with Crippen LogP contribution in [0.1, 0.15) is 57.8 Å². The van der Waals surface area contributed by atoms with E-state index >= 15 is 0 Å². The molecule has 22 heavy (non-hydrogen) atoms. The molecule has 1 aromatic carbocycles. The Morgan fingerprint density at radius 1 is 1.41 bits per heavy atom. The summed E-state index contributed by atoms with van der Waals surface area (Å²) >= 11 is 0. The average Bonchev–Trinajstić information content (AvgIpc) is 2.42. The van der Waals surface area contributed by atoms with Gasteiger partial charge in [0.2, 0.25) is 0 Å². The van der Waals surface area contributed by atoms with Gasteiger partial charge in [-0.3, -0.25) is 0 Å². The van der Waals surface area contributed by atoms with E-state index in [9.17, 15) is 4.79 Å². The van der Waals surface area contributed by atoms with Gasteiger partial charge in [0.15, 0.2) is 0 Å². The van der Waals surface area contributed by atoms with Crippen LogP contribution in [0, 0.1) is 11.8 Å². The lowest BCUT2D eigenvalue weighted by Crippen LogP contribution is -2.41. The van der Waals surface area contributed by atoms with Gasteiger partial charge >= 0.3 is 6.09 Å². The van der Waals surface area contributed by atoms with Crippen molar-refractivity contribution in [3.8, 4) is 11.8 Å². The molecule has 0 aliphatic heterocycles. The second kappa shape index (κ2) is 8.45. The predicted octanol–water partition coefficient (Wildman–Crippen LogP) is 3.40. The zero-order valence-electron chi connectivity index (χ0n) is 13.8. The van der Waals surface area contributed by atoms with Gasteiger partial charge in [0, 0.05) is 24.1 Å². The predicted molar refractivity (Wildman–Crippen MR) is 87.4 cm³/mol. The van der Waals surface area contributed by atoms with E-state index in [0.29, 0.717) is 12.8 Å². The van der Waals surface area contributed by atoms with Crippen molar-refractivity contribution >= 4 is 6.09 Å². The van der Waals surface area contributed by atoms with Gasteiger partial charge in [0.25, 0.3) is 0 Å². The summed E-state index contributed by atoms with van der Waals surface area (Å²) in [6.07, 6.45) is 0.570. The Bertz CT molecular complexity index is 549. The van der Waals surface area contributed by atoms with Gasteiger partial charge in [-0.15, -0.1) is 0 Å². The third kappa shape index (κ3) is 7.14. The number of benzene rings is 1. The first-order chi connectivity index (χ1) is 10.3. The average molecular weight is 303 g/mol. The third-order valence-corrected chi connectivity index (χ3v) is 2.81. The molecule has 0 saturated heterocycles. The highest BCUT2D eigenvalue weighted by Gasteiger charge is 2.17. The third-order valence-electron chi connectivity index (χ3n) is 2.81. The van der Waals surface area contributed by atoms with Crippen LogP contribution in [0.3, 0.4) is 0 Å². The second-order valence-electron chi connectivity index (χ2n) is 6.18. The summed E-state index contributed by atoms with van der Waals surface area (Å²) < 4.78 is 5.38. The highest BCUT2D eigenvalue weighted by atomic mass is 16.6. The van der Waals surface area contributed by atoms with Crippen molar-refractivity contribution in [1.29, 1.82) is 0 Å². The SMILES string of the molecule is CC(OC(=O)NC(C)(C)C)c1cccc(C#CCCCO)c1. The quantitative estimate of drug-likeness (QED) is 0.662. The Balaban J connectivity index is 2.67. The largest absolute Gasteiger partial charge is 0.442 e. The van der Waals surface area contributed by atoms with E-state index < -0.39 is 6.09 Å². The minimum atomic E-state index is -0.431. The van der Waals surface area contributed by atoms with E-state index in [1.54, 1.807) is 0 Å². The summed E-state index contributed by atoms with van der Waals surface area (Å²) in [5.41, 5.74) is 1.46. The van der Waals surface area contributed by atoms with Crippen molar-refractivity contribution in [3.05, 3.63) is 35.4 Å². The van der Waals surface area contributed by atoms with Crippen LogP contribution in [0.15, 0.2) is 24.3 Å². The molecule has 0 heterocycles. The molecule has 1 rings (SSSR count). The molecule has 0 fully saturated rings. The number of amides is 1. The van der Waals surface area contributed by atoms with Gasteiger partial charge in [-0.05, 0) is 51.8 Å². The van der Waals surface area contributed by atoms with E-state index in [2.05, 4.69) is 17.2 Å². The van der Waals surface area contributed by atoms with Gasteiger partial charge in [0.1, 0.15) is 6.10 Å². The number of aliphatic hydroxyl groups excluding tert-OH is 1. The van der Waals surface area contributed by atoms with Crippen molar-refractivity contribution in [1.82, 2.24) is 5.32 Å². The van der Waals surface area contributed by atoms with Crippen LogP contribution in [-0.2, 0) is 4.74 Å². The maximum Gasteiger partial charge on any atom is 0.408 e. The maximum absolute atomic E-state index is 11.8. The highest BCUT2D eigenvalue weighted by Crippen LogP contribution is 2.18. The van der Waals surface area contributed by atoms with Crippen LogP contribution < -0.4 is 5.32 Å². The molecular weight excluding hydrogens is 278 g/mol. The molecule has 4 heteroatoms. The minimum Gasteiger partial charge on any atom is -0.442 e. The standard InChI is InChI=1S/C18H25NO3/c1-14(22-17(21)19-18(2,3)4)16-11-8-10-15(13-16)9-6-5-7-12-20/h8,10-11,13-14,20H,5,7,12H2,1-4H3,(H,19,21). The summed E-state index contributed by atoms with van der Waals surface area (Å²) in [7, 11) is 0. The summed E-state index contributed by atoms with van der Waals surface area (Å²) in [6.45, 7) is 7.70. The van der Waals surface area contributed by atoms with Gasteiger partial charge in [-0.1, -0.05) is 24.0 Å². The van der Waals surface area contributed by atoms with Crippen molar-refractivity contribution in [2.24, 2.45) is 0 Å². The number of hydrogen-bond donors (Lipinski definition) is 2. The van der Waals surface area contributed by atoms with E-state index in [1.165, 1.54) is 0 Å². The van der Waals surface area contributed by atoms with Gasteiger partial charge in [-0.2, -0.15) is 0 Å². The van der Waals surface area contributed by atoms with E-state index in [1.807, 2.05) is 52.0 Å². The fourth-order valence-corrected chi connectivity index (χ4v) is 1.77. The molecule has 4 nitrogen and oxygen atoms in total. The molecule has 2 N–H and O–H groups in total. The van der Waals surface area contributed by atoms with Crippen LogP contribution >= 0.6 is 0 Å². The van der Waals surface area contributed by atoms with Gasteiger partial charge in [-0.25, -0.2) is 4.79 Å². The number of hydrogen-bond acceptors (Lipinski definition) is 3. The molecule has 1 unspecified atom stereocenters. The van der Waals surface area contributed by atoms with Crippen molar-refractivity contribution < 1.29 is 14.6 Å². The van der Waals surface area contributed by atoms with E-state index in [-0.39, 0.29) is 18.2 Å². The molecule has 0 aliphatic carbocycles. The van der Waals surface area contributed by atoms with Gasteiger partial charge in [0.05, 0.1) is 0 Å². The van der Waals surface area contributed by atoms with Gasteiger partial charge < -0.3 is 15.2 Å². The first kappa shape index (κ1) is 18.1. The number of aliphatic hydroxyl groups is 1. The summed E-state index contributed by atoms with van der Waals surface area (Å²) in [6, 6.07) is 7.64. The van der Waals surface area contributed by atoms with Crippen LogP contribution in [-0.4, -0.2) is 23.3 Å². The lowest BCUT2D eigenvalue weighted by molar-refractivity contribution is 0.100. The second-order valence-corrected chi connectivity index (χ2v) is 6.18. The van der Waals surface area contributed by atoms with Crippen LogP contribution in [0.5, 0.6) is 0 Å².